The molecule has 4 aliphatic heterocycles. The van der Waals surface area contributed by atoms with Gasteiger partial charge in [-0.25, -0.2) is 9.79 Å². The van der Waals surface area contributed by atoms with E-state index >= 15 is 0 Å². The van der Waals surface area contributed by atoms with Gasteiger partial charge in [0.15, 0.2) is 11.7 Å². The molecule has 3 amide bonds. The van der Waals surface area contributed by atoms with Crippen LogP contribution < -0.4 is 5.32 Å². The third-order valence-corrected chi connectivity index (χ3v) is 5.98. The highest BCUT2D eigenvalue weighted by molar-refractivity contribution is 6.04. The molecular weight excluding hydrogens is 360 g/mol. The number of hydrogen-bond acceptors (Lipinski definition) is 7. The van der Waals surface area contributed by atoms with E-state index in [0.29, 0.717) is 13.2 Å². The van der Waals surface area contributed by atoms with Crippen LogP contribution in [0, 0.1) is 11.8 Å². The summed E-state index contributed by atoms with van der Waals surface area (Å²) in [6, 6.07) is -0.951. The minimum atomic E-state index is -1.01. The first-order chi connectivity index (χ1) is 13.5. The third kappa shape index (κ3) is 2.83. The van der Waals surface area contributed by atoms with Gasteiger partial charge in [-0.15, -0.1) is 5.92 Å². The Hall–Kier alpha value is -2.31. The number of guanidine groups is 1. The number of aliphatic imine (C=N–C) groups is 1. The summed E-state index contributed by atoms with van der Waals surface area (Å²) < 4.78 is 5.84. The molecule has 28 heavy (non-hydrogen) atoms. The van der Waals surface area contributed by atoms with Crippen molar-refractivity contribution in [3.63, 3.8) is 0 Å². The predicted octanol–water partition coefficient (Wildman–Crippen LogP) is -0.298. The normalized spacial score (nSPS) is 33.0. The molecule has 3 atom stereocenters. The number of piperazine rings is 1. The number of imide groups is 1. The van der Waals surface area contributed by atoms with Crippen molar-refractivity contribution >= 4 is 17.9 Å². The monoisotopic (exact) mass is 388 g/mol. The van der Waals surface area contributed by atoms with Crippen LogP contribution in [0.3, 0.4) is 0 Å². The summed E-state index contributed by atoms with van der Waals surface area (Å²) in [7, 11) is 1.54. The number of ether oxygens (including phenoxy) is 1. The molecule has 0 spiro atoms. The average Bonchev–Trinajstić information content (AvgIpc) is 3.32. The zero-order chi connectivity index (χ0) is 19.9. The second-order valence-electron chi connectivity index (χ2n) is 7.72. The van der Waals surface area contributed by atoms with Crippen molar-refractivity contribution in [2.75, 3.05) is 46.4 Å². The maximum Gasteiger partial charge on any atom is 0.330 e. The largest absolute Gasteiger partial charge is 0.358 e. The lowest BCUT2D eigenvalue weighted by Crippen LogP contribution is -2.72. The van der Waals surface area contributed by atoms with Crippen molar-refractivity contribution in [3.8, 4) is 11.8 Å². The first-order valence-electron chi connectivity index (χ1n) is 9.93. The highest BCUT2D eigenvalue weighted by Crippen LogP contribution is 2.40. The lowest BCUT2D eigenvalue weighted by atomic mass is 9.96. The molecule has 9 nitrogen and oxygen atoms in total. The zero-order valence-electron chi connectivity index (χ0n) is 16.8. The molecule has 3 saturated heterocycles. The first-order valence-corrected chi connectivity index (χ1v) is 9.93. The Labute approximate surface area is 165 Å². The summed E-state index contributed by atoms with van der Waals surface area (Å²) in [5.74, 6) is 6.51. The fraction of sp³-hybridized carbons (Fsp3) is 0.737. The van der Waals surface area contributed by atoms with Crippen molar-refractivity contribution < 1.29 is 14.3 Å². The van der Waals surface area contributed by atoms with Crippen LogP contribution in [0.25, 0.3) is 0 Å². The highest BCUT2D eigenvalue weighted by Gasteiger charge is 2.62. The van der Waals surface area contributed by atoms with Crippen LogP contribution >= 0.6 is 0 Å². The number of nitrogens with one attached hydrogen (secondary N) is 1. The quantitative estimate of drug-likeness (QED) is 0.655. The van der Waals surface area contributed by atoms with E-state index in [0.717, 1.165) is 45.0 Å². The Balaban J connectivity index is 1.78. The maximum atomic E-state index is 13.2. The fourth-order valence-corrected chi connectivity index (χ4v) is 4.55. The number of carbonyl (C=O) groups is 2. The van der Waals surface area contributed by atoms with Crippen LogP contribution in [-0.2, 0) is 9.53 Å². The van der Waals surface area contributed by atoms with Crippen molar-refractivity contribution in [1.29, 1.82) is 0 Å². The van der Waals surface area contributed by atoms with E-state index < -0.39 is 11.7 Å². The van der Waals surface area contributed by atoms with Gasteiger partial charge in [-0.3, -0.25) is 14.6 Å². The summed E-state index contributed by atoms with van der Waals surface area (Å²) in [5, 5.41) is 3.34. The fourth-order valence-electron chi connectivity index (χ4n) is 4.55. The Bertz CT molecular complexity index is 747. The molecular formula is C19H28N6O3. The summed E-state index contributed by atoms with van der Waals surface area (Å²) >= 11 is 0. The third-order valence-electron chi connectivity index (χ3n) is 5.98. The molecule has 0 aliphatic carbocycles. The molecule has 4 heterocycles. The molecule has 9 heteroatoms. The van der Waals surface area contributed by atoms with Crippen LogP contribution in [0.15, 0.2) is 4.99 Å². The van der Waals surface area contributed by atoms with Gasteiger partial charge in [0.25, 0.3) is 5.91 Å². The number of carbonyl (C=O) groups excluding carboxylic acids is 2. The average molecular weight is 388 g/mol. The van der Waals surface area contributed by atoms with E-state index in [1.807, 2.05) is 11.8 Å². The van der Waals surface area contributed by atoms with Crippen molar-refractivity contribution in [1.82, 2.24) is 24.9 Å². The predicted molar refractivity (Wildman–Crippen MR) is 103 cm³/mol. The summed E-state index contributed by atoms with van der Waals surface area (Å²) in [6.07, 6.45) is 1.29. The summed E-state index contributed by atoms with van der Waals surface area (Å²) in [4.78, 5) is 38.4. The van der Waals surface area contributed by atoms with Gasteiger partial charge >= 0.3 is 6.03 Å². The molecule has 0 aromatic heterocycles. The van der Waals surface area contributed by atoms with Gasteiger partial charge in [-0.1, -0.05) is 5.92 Å². The van der Waals surface area contributed by atoms with Crippen LogP contribution in [0.4, 0.5) is 4.79 Å². The number of hydrogen-bond donors (Lipinski definition) is 1. The molecule has 4 aliphatic rings. The van der Waals surface area contributed by atoms with Gasteiger partial charge in [0.1, 0.15) is 6.23 Å². The Morgan fingerprint density at radius 2 is 2.07 bits per heavy atom. The molecule has 4 rings (SSSR count). The molecule has 0 bridgehead atoms. The number of rotatable bonds is 2. The number of urea groups is 1. The zero-order valence-corrected chi connectivity index (χ0v) is 16.8. The lowest BCUT2D eigenvalue weighted by molar-refractivity contribution is -0.147. The van der Waals surface area contributed by atoms with Crippen LogP contribution in [0.1, 0.15) is 26.7 Å². The second kappa shape index (κ2) is 7.26. The number of nitrogens with zero attached hydrogens (tertiary/aromatic N) is 5. The summed E-state index contributed by atoms with van der Waals surface area (Å²) in [5.41, 5.74) is -1.01. The molecule has 3 fully saturated rings. The second-order valence-corrected chi connectivity index (χ2v) is 7.72. The topological polar surface area (TPSA) is 80.7 Å². The Morgan fingerprint density at radius 1 is 1.32 bits per heavy atom. The molecule has 0 saturated carbocycles. The number of fused-ring (bicyclic) bond motifs is 1. The molecule has 0 aromatic carbocycles. The Kier molecular flexibility index (Phi) is 4.93. The van der Waals surface area contributed by atoms with E-state index in [1.54, 1.807) is 18.9 Å². The molecule has 0 radical (unpaired) electrons. The van der Waals surface area contributed by atoms with Crippen molar-refractivity contribution in [2.24, 2.45) is 4.99 Å². The SMILES string of the molecule is CC#CCN1C(N2CCNCC2)=NC2(C)C1C(=O)N(C)C(=O)N2C1CCCO1. The van der Waals surface area contributed by atoms with E-state index in [-0.39, 0.29) is 18.2 Å². The van der Waals surface area contributed by atoms with E-state index in [1.165, 1.54) is 4.90 Å². The van der Waals surface area contributed by atoms with Crippen molar-refractivity contribution in [3.05, 3.63) is 0 Å². The minimum absolute atomic E-state index is 0.242. The Morgan fingerprint density at radius 3 is 2.71 bits per heavy atom. The first kappa shape index (κ1) is 19.0. The van der Waals surface area contributed by atoms with E-state index in [4.69, 9.17) is 9.73 Å². The van der Waals surface area contributed by atoms with Gasteiger partial charge in [0.2, 0.25) is 5.96 Å². The van der Waals surface area contributed by atoms with Crippen LogP contribution in [0.2, 0.25) is 0 Å². The van der Waals surface area contributed by atoms with Crippen molar-refractivity contribution in [2.45, 2.75) is 44.6 Å². The lowest BCUT2D eigenvalue weighted by Gasteiger charge is -2.49. The summed E-state index contributed by atoms with van der Waals surface area (Å²) in [6.45, 7) is 7.99. The van der Waals surface area contributed by atoms with Crippen LogP contribution in [0.5, 0.6) is 0 Å². The number of amides is 3. The van der Waals surface area contributed by atoms with Gasteiger partial charge in [0, 0.05) is 39.8 Å². The minimum Gasteiger partial charge on any atom is -0.358 e. The van der Waals surface area contributed by atoms with E-state index in [9.17, 15) is 9.59 Å². The van der Waals surface area contributed by atoms with Crippen LogP contribution in [-0.4, -0.2) is 102 Å². The molecule has 152 valence electrons. The molecule has 3 unspecified atom stereocenters. The number of likely N-dealkylation sites (N-methyl/N-ethyl adjacent to an activating group) is 1. The maximum absolute atomic E-state index is 13.2. The standard InChI is InChI=1S/C19H28N6O3/c1-4-5-10-24-15-16(26)22(3)18(27)25(14-7-6-13-28-14)19(15,2)21-17(24)23-11-8-20-9-12-23/h14-15,20H,6-13H2,1-3H3. The van der Waals surface area contributed by atoms with Gasteiger partial charge in [-0.05, 0) is 26.7 Å². The van der Waals surface area contributed by atoms with Gasteiger partial charge < -0.3 is 19.9 Å². The highest BCUT2D eigenvalue weighted by atomic mass is 16.5. The van der Waals surface area contributed by atoms with E-state index in [2.05, 4.69) is 22.1 Å². The van der Waals surface area contributed by atoms with Gasteiger partial charge in [0.05, 0.1) is 6.54 Å². The molecule has 1 N–H and O–H groups in total. The van der Waals surface area contributed by atoms with Gasteiger partial charge in [-0.2, -0.15) is 0 Å². The smallest absolute Gasteiger partial charge is 0.330 e. The molecule has 0 aromatic rings.